The standard InChI is InChI=1S/C17H15N3/c1-2-10-19-17(3-1)20-16-6-4-14(5-7-16)13-15-8-11-18-12-9-15/h1-12H,13H2,(H,19,20). The minimum atomic E-state index is 0.856. The number of nitrogens with one attached hydrogen (secondary N) is 1. The van der Waals surface area contributed by atoms with Crippen molar-refractivity contribution in [2.75, 3.05) is 5.32 Å². The molecular formula is C17H15N3. The lowest BCUT2D eigenvalue weighted by Gasteiger charge is -2.06. The Morgan fingerprint density at radius 3 is 2.20 bits per heavy atom. The lowest BCUT2D eigenvalue weighted by Crippen LogP contribution is -1.93. The molecule has 0 amide bonds. The van der Waals surface area contributed by atoms with Gasteiger partial charge >= 0.3 is 0 Å². The number of anilines is 2. The molecule has 0 atom stereocenters. The highest BCUT2D eigenvalue weighted by Crippen LogP contribution is 2.16. The number of hydrogen-bond donors (Lipinski definition) is 1. The summed E-state index contributed by atoms with van der Waals surface area (Å²) in [6, 6.07) is 18.3. The van der Waals surface area contributed by atoms with E-state index in [4.69, 9.17) is 0 Å². The van der Waals surface area contributed by atoms with E-state index in [9.17, 15) is 0 Å². The van der Waals surface area contributed by atoms with Gasteiger partial charge in [-0.2, -0.15) is 0 Å². The molecule has 0 fully saturated rings. The monoisotopic (exact) mass is 261 g/mol. The molecule has 0 saturated heterocycles. The first-order valence-corrected chi connectivity index (χ1v) is 6.56. The summed E-state index contributed by atoms with van der Waals surface area (Å²) < 4.78 is 0. The maximum Gasteiger partial charge on any atom is 0.130 e. The van der Waals surface area contributed by atoms with Gasteiger partial charge in [0, 0.05) is 24.3 Å². The van der Waals surface area contributed by atoms with Crippen molar-refractivity contribution >= 4 is 11.5 Å². The minimum absolute atomic E-state index is 0.856. The van der Waals surface area contributed by atoms with E-state index in [1.165, 1.54) is 11.1 Å². The number of benzene rings is 1. The largest absolute Gasteiger partial charge is 0.340 e. The van der Waals surface area contributed by atoms with Crippen LogP contribution >= 0.6 is 0 Å². The maximum absolute atomic E-state index is 4.25. The van der Waals surface area contributed by atoms with E-state index in [2.05, 4.69) is 39.6 Å². The molecule has 0 aliphatic carbocycles. The Bertz CT molecular complexity index is 588. The van der Waals surface area contributed by atoms with Crippen LogP contribution in [0.5, 0.6) is 0 Å². The second-order valence-corrected chi connectivity index (χ2v) is 4.57. The van der Waals surface area contributed by atoms with Crippen molar-refractivity contribution in [3.63, 3.8) is 0 Å². The summed E-state index contributed by atoms with van der Waals surface area (Å²) in [5, 5.41) is 3.27. The predicted octanol–water partition coefficient (Wildman–Crippen LogP) is 3.81. The van der Waals surface area contributed by atoms with Crippen LogP contribution in [0.2, 0.25) is 0 Å². The van der Waals surface area contributed by atoms with Crippen LogP contribution in [0.15, 0.2) is 73.2 Å². The fourth-order valence-electron chi connectivity index (χ4n) is 2.03. The fourth-order valence-corrected chi connectivity index (χ4v) is 2.03. The van der Waals surface area contributed by atoms with Gasteiger partial charge < -0.3 is 5.32 Å². The third kappa shape index (κ3) is 3.20. The van der Waals surface area contributed by atoms with Gasteiger partial charge in [0.1, 0.15) is 5.82 Å². The van der Waals surface area contributed by atoms with Crippen LogP contribution in [0.3, 0.4) is 0 Å². The van der Waals surface area contributed by atoms with Crippen molar-refractivity contribution in [3.8, 4) is 0 Å². The van der Waals surface area contributed by atoms with Gasteiger partial charge in [-0.1, -0.05) is 18.2 Å². The van der Waals surface area contributed by atoms with E-state index in [0.29, 0.717) is 0 Å². The Balaban J connectivity index is 1.69. The second-order valence-electron chi connectivity index (χ2n) is 4.57. The van der Waals surface area contributed by atoms with E-state index in [0.717, 1.165) is 17.9 Å². The summed E-state index contributed by atoms with van der Waals surface area (Å²) in [6.45, 7) is 0. The van der Waals surface area contributed by atoms with Gasteiger partial charge in [-0.25, -0.2) is 4.98 Å². The second kappa shape index (κ2) is 5.97. The molecule has 3 heteroatoms. The molecule has 1 N–H and O–H groups in total. The number of pyridine rings is 2. The van der Waals surface area contributed by atoms with Crippen molar-refractivity contribution in [1.29, 1.82) is 0 Å². The molecule has 0 aliphatic heterocycles. The predicted molar refractivity (Wildman–Crippen MR) is 81.0 cm³/mol. The summed E-state index contributed by atoms with van der Waals surface area (Å²) in [4.78, 5) is 8.28. The molecule has 0 saturated carbocycles. The Kier molecular flexibility index (Phi) is 3.69. The van der Waals surface area contributed by atoms with Gasteiger partial charge in [0.05, 0.1) is 0 Å². The molecule has 2 aromatic heterocycles. The molecule has 98 valence electrons. The maximum atomic E-state index is 4.25. The van der Waals surface area contributed by atoms with E-state index < -0.39 is 0 Å². The van der Waals surface area contributed by atoms with E-state index in [1.807, 2.05) is 42.7 Å². The Hall–Kier alpha value is -2.68. The van der Waals surface area contributed by atoms with Gasteiger partial charge in [-0.05, 0) is 53.9 Å². The zero-order valence-corrected chi connectivity index (χ0v) is 11.0. The average Bonchev–Trinajstić information content (AvgIpc) is 2.51. The van der Waals surface area contributed by atoms with E-state index >= 15 is 0 Å². The summed E-state index contributed by atoms with van der Waals surface area (Å²) >= 11 is 0. The van der Waals surface area contributed by atoms with Gasteiger partial charge in [-0.15, -0.1) is 0 Å². The topological polar surface area (TPSA) is 37.8 Å². The Morgan fingerprint density at radius 2 is 1.50 bits per heavy atom. The molecule has 0 bridgehead atoms. The number of nitrogens with zero attached hydrogens (tertiary/aromatic N) is 2. The first-order valence-electron chi connectivity index (χ1n) is 6.56. The van der Waals surface area contributed by atoms with Crippen molar-refractivity contribution in [3.05, 3.63) is 84.3 Å². The lowest BCUT2D eigenvalue weighted by atomic mass is 10.1. The van der Waals surface area contributed by atoms with Crippen molar-refractivity contribution in [1.82, 2.24) is 9.97 Å². The van der Waals surface area contributed by atoms with E-state index in [1.54, 1.807) is 6.20 Å². The van der Waals surface area contributed by atoms with Crippen molar-refractivity contribution in [2.24, 2.45) is 0 Å². The van der Waals surface area contributed by atoms with Crippen LogP contribution in [0.1, 0.15) is 11.1 Å². The van der Waals surface area contributed by atoms with E-state index in [-0.39, 0.29) is 0 Å². The highest BCUT2D eigenvalue weighted by Gasteiger charge is 1.98. The fraction of sp³-hybridized carbons (Fsp3) is 0.0588. The molecule has 3 nitrogen and oxygen atoms in total. The van der Waals surface area contributed by atoms with Crippen LogP contribution in [0.25, 0.3) is 0 Å². The number of aromatic nitrogens is 2. The SMILES string of the molecule is c1ccc(Nc2ccc(Cc3ccncc3)cc2)nc1. The van der Waals surface area contributed by atoms with Gasteiger partial charge in [0.2, 0.25) is 0 Å². The molecule has 3 rings (SSSR count). The molecular weight excluding hydrogens is 246 g/mol. The number of hydrogen-bond acceptors (Lipinski definition) is 3. The molecule has 0 aliphatic rings. The first-order chi connectivity index (χ1) is 9.90. The zero-order valence-electron chi connectivity index (χ0n) is 11.0. The molecule has 0 unspecified atom stereocenters. The third-order valence-corrected chi connectivity index (χ3v) is 3.05. The molecule has 20 heavy (non-hydrogen) atoms. The first kappa shape index (κ1) is 12.4. The highest BCUT2D eigenvalue weighted by atomic mass is 15.0. The summed E-state index contributed by atoms with van der Waals surface area (Å²) in [7, 11) is 0. The third-order valence-electron chi connectivity index (χ3n) is 3.05. The lowest BCUT2D eigenvalue weighted by molar-refractivity contribution is 1.16. The summed E-state index contributed by atoms with van der Waals surface area (Å²) in [5.41, 5.74) is 3.59. The molecule has 2 heterocycles. The van der Waals surface area contributed by atoms with Crippen LogP contribution in [-0.2, 0) is 6.42 Å². The summed E-state index contributed by atoms with van der Waals surface area (Å²) in [6.07, 6.45) is 6.35. The Labute approximate surface area is 118 Å². The van der Waals surface area contributed by atoms with Gasteiger partial charge in [0.25, 0.3) is 0 Å². The highest BCUT2D eigenvalue weighted by molar-refractivity contribution is 5.56. The molecule has 1 aromatic carbocycles. The molecule has 0 radical (unpaired) electrons. The van der Waals surface area contributed by atoms with Crippen LogP contribution < -0.4 is 5.32 Å². The molecule has 3 aromatic rings. The van der Waals surface area contributed by atoms with Gasteiger partial charge in [-0.3, -0.25) is 4.98 Å². The smallest absolute Gasteiger partial charge is 0.130 e. The Morgan fingerprint density at radius 1 is 0.750 bits per heavy atom. The molecule has 0 spiro atoms. The normalized spacial score (nSPS) is 10.2. The van der Waals surface area contributed by atoms with Gasteiger partial charge in [0.15, 0.2) is 0 Å². The summed E-state index contributed by atoms with van der Waals surface area (Å²) in [5.74, 6) is 0.856. The minimum Gasteiger partial charge on any atom is -0.340 e. The quantitative estimate of drug-likeness (QED) is 0.776. The average molecular weight is 261 g/mol. The van der Waals surface area contributed by atoms with Crippen molar-refractivity contribution < 1.29 is 0 Å². The zero-order chi connectivity index (χ0) is 13.6. The van der Waals surface area contributed by atoms with Crippen LogP contribution in [0.4, 0.5) is 11.5 Å². The van der Waals surface area contributed by atoms with Crippen molar-refractivity contribution in [2.45, 2.75) is 6.42 Å². The van der Waals surface area contributed by atoms with Crippen LogP contribution in [0, 0.1) is 0 Å². The van der Waals surface area contributed by atoms with Crippen LogP contribution in [-0.4, -0.2) is 9.97 Å². The number of rotatable bonds is 4.